The molecular weight excluding hydrogens is 379 g/mol. The fraction of sp³-hybridized carbons (Fsp3) is 0.235. The van der Waals surface area contributed by atoms with E-state index < -0.39 is 12.0 Å². The molecule has 0 saturated carbocycles. The predicted molar refractivity (Wildman–Crippen MR) is 101 cm³/mol. The molecule has 0 aliphatic carbocycles. The average Bonchev–Trinajstić information content (AvgIpc) is 3.02. The third-order valence-electron chi connectivity index (χ3n) is 4.22. The second-order valence-corrected chi connectivity index (χ2v) is 6.16. The number of morpholine rings is 1. The second-order valence-electron chi connectivity index (χ2n) is 5.73. The van der Waals surface area contributed by atoms with Crippen molar-refractivity contribution >= 4 is 46.7 Å². The number of aromatic nitrogens is 3. The van der Waals surface area contributed by atoms with Crippen LogP contribution in [0.4, 0.5) is 5.82 Å². The Kier molecular flexibility index (Phi) is 5.31. The topological polar surface area (TPSA) is 80.5 Å². The van der Waals surface area contributed by atoms with Gasteiger partial charge in [-0.15, -0.1) is 17.5 Å². The maximum atomic E-state index is 11.6. The van der Waals surface area contributed by atoms with Crippen LogP contribution in [-0.2, 0) is 9.53 Å². The molecule has 0 radical (unpaired) electrons. The zero-order valence-electron chi connectivity index (χ0n) is 13.6. The number of nitrogens with zero attached hydrogens (tertiary/aromatic N) is 4. The van der Waals surface area contributed by atoms with Crippen molar-refractivity contribution < 1.29 is 14.6 Å². The van der Waals surface area contributed by atoms with Crippen LogP contribution in [0.3, 0.4) is 0 Å². The van der Waals surface area contributed by atoms with Crippen LogP contribution >= 0.6 is 24.0 Å². The van der Waals surface area contributed by atoms with Crippen molar-refractivity contribution in [3.05, 3.63) is 47.7 Å². The van der Waals surface area contributed by atoms with Crippen LogP contribution in [0, 0.1) is 0 Å². The van der Waals surface area contributed by atoms with E-state index in [1.54, 1.807) is 34.1 Å². The lowest BCUT2D eigenvalue weighted by Gasteiger charge is -2.33. The molecule has 4 rings (SSSR count). The molecule has 1 saturated heterocycles. The molecule has 0 bridgehead atoms. The van der Waals surface area contributed by atoms with E-state index in [1.807, 2.05) is 18.2 Å². The number of anilines is 1. The highest BCUT2D eigenvalue weighted by Gasteiger charge is 2.32. The van der Waals surface area contributed by atoms with Gasteiger partial charge in [-0.2, -0.15) is 0 Å². The molecule has 1 N–H and O–H groups in total. The number of carboxylic acid groups (broad SMARTS) is 1. The normalized spacial score (nSPS) is 17.1. The van der Waals surface area contributed by atoms with Crippen molar-refractivity contribution in [3.63, 3.8) is 0 Å². The van der Waals surface area contributed by atoms with Gasteiger partial charge in [0.15, 0.2) is 11.9 Å². The van der Waals surface area contributed by atoms with Gasteiger partial charge in [0, 0.05) is 23.2 Å². The third kappa shape index (κ3) is 3.21. The molecule has 1 fully saturated rings. The molecule has 3 heterocycles. The van der Waals surface area contributed by atoms with Crippen molar-refractivity contribution in [1.29, 1.82) is 0 Å². The summed E-state index contributed by atoms with van der Waals surface area (Å²) >= 11 is 5.97. The van der Waals surface area contributed by atoms with Gasteiger partial charge in [0.1, 0.15) is 0 Å². The summed E-state index contributed by atoms with van der Waals surface area (Å²) in [6, 6.07) is 8.38. The summed E-state index contributed by atoms with van der Waals surface area (Å²) in [7, 11) is 0. The van der Waals surface area contributed by atoms with Gasteiger partial charge < -0.3 is 14.7 Å². The van der Waals surface area contributed by atoms with Crippen LogP contribution in [0.15, 0.2) is 42.7 Å². The summed E-state index contributed by atoms with van der Waals surface area (Å²) in [5.74, 6) is -0.314. The van der Waals surface area contributed by atoms with Crippen LogP contribution in [-0.4, -0.2) is 51.6 Å². The standard InChI is InChI=1S/C17H15ClN4O3.ClH/c18-11-1-3-12(4-2-11)22-14-9-19-6-5-13(14)16(20-22)21-7-8-25-10-15(21)17(23)24;/h1-6,9,15H,7-8,10H2,(H,23,24);1H. The van der Waals surface area contributed by atoms with Crippen LogP contribution in [0.2, 0.25) is 5.02 Å². The summed E-state index contributed by atoms with van der Waals surface area (Å²) in [5.41, 5.74) is 1.63. The number of ether oxygens (including phenoxy) is 1. The number of pyridine rings is 1. The SMILES string of the molecule is Cl.O=C(O)C1COCCN1c1nn(-c2ccc(Cl)cc2)c2cnccc12. The van der Waals surface area contributed by atoms with Crippen LogP contribution < -0.4 is 4.90 Å². The minimum Gasteiger partial charge on any atom is -0.480 e. The summed E-state index contributed by atoms with van der Waals surface area (Å²) in [6.45, 7) is 1.06. The maximum absolute atomic E-state index is 11.6. The first-order valence-electron chi connectivity index (χ1n) is 7.81. The largest absolute Gasteiger partial charge is 0.480 e. The van der Waals surface area contributed by atoms with Gasteiger partial charge in [-0.3, -0.25) is 4.98 Å². The number of carboxylic acids is 1. The molecule has 9 heteroatoms. The van der Waals surface area contributed by atoms with E-state index in [1.165, 1.54) is 0 Å². The zero-order valence-corrected chi connectivity index (χ0v) is 15.2. The van der Waals surface area contributed by atoms with E-state index in [4.69, 9.17) is 16.3 Å². The molecule has 0 amide bonds. The molecule has 1 aromatic carbocycles. The number of carbonyl (C=O) groups is 1. The summed E-state index contributed by atoms with van der Waals surface area (Å²) < 4.78 is 7.08. The molecule has 3 aromatic rings. The third-order valence-corrected chi connectivity index (χ3v) is 4.47. The van der Waals surface area contributed by atoms with E-state index in [-0.39, 0.29) is 19.0 Å². The zero-order chi connectivity index (χ0) is 17.4. The molecule has 1 aliphatic heterocycles. The van der Waals surface area contributed by atoms with Gasteiger partial charge in [-0.1, -0.05) is 11.6 Å². The van der Waals surface area contributed by atoms with Gasteiger partial charge in [0.2, 0.25) is 0 Å². The Morgan fingerprint density at radius 1 is 1.27 bits per heavy atom. The molecule has 1 unspecified atom stereocenters. The minimum atomic E-state index is -0.928. The lowest BCUT2D eigenvalue weighted by Crippen LogP contribution is -2.50. The molecule has 7 nitrogen and oxygen atoms in total. The van der Waals surface area contributed by atoms with E-state index in [0.29, 0.717) is 24.0 Å². The molecule has 2 aromatic heterocycles. The Labute approximate surface area is 160 Å². The Morgan fingerprint density at radius 3 is 2.77 bits per heavy atom. The van der Waals surface area contributed by atoms with Gasteiger partial charge in [0.25, 0.3) is 0 Å². The Hall–Kier alpha value is -2.35. The molecule has 0 spiro atoms. The molecule has 136 valence electrons. The first-order valence-corrected chi connectivity index (χ1v) is 8.19. The van der Waals surface area contributed by atoms with Gasteiger partial charge in [-0.25, -0.2) is 9.48 Å². The van der Waals surface area contributed by atoms with Crippen LogP contribution in [0.1, 0.15) is 0 Å². The molecular formula is C17H16Cl2N4O3. The maximum Gasteiger partial charge on any atom is 0.328 e. The molecule has 1 aliphatic rings. The Morgan fingerprint density at radius 2 is 2.04 bits per heavy atom. The number of aliphatic carboxylic acids is 1. The Balaban J connectivity index is 0.00000196. The summed E-state index contributed by atoms with van der Waals surface area (Å²) in [4.78, 5) is 17.6. The average molecular weight is 395 g/mol. The minimum absolute atomic E-state index is 0. The number of fused-ring (bicyclic) bond motifs is 1. The predicted octanol–water partition coefficient (Wildman–Crippen LogP) is 2.79. The second kappa shape index (κ2) is 7.49. The molecule has 1 atom stereocenters. The monoisotopic (exact) mass is 394 g/mol. The highest BCUT2D eigenvalue weighted by molar-refractivity contribution is 6.30. The number of rotatable bonds is 3. The quantitative estimate of drug-likeness (QED) is 0.735. The Bertz CT molecular complexity index is 929. The fourth-order valence-corrected chi connectivity index (χ4v) is 3.13. The number of halogens is 2. The van der Waals surface area contributed by atoms with Crippen molar-refractivity contribution in [1.82, 2.24) is 14.8 Å². The van der Waals surface area contributed by atoms with Crippen molar-refractivity contribution in [2.45, 2.75) is 6.04 Å². The van der Waals surface area contributed by atoms with Crippen molar-refractivity contribution in [2.24, 2.45) is 0 Å². The number of hydrogen-bond acceptors (Lipinski definition) is 5. The fourth-order valence-electron chi connectivity index (χ4n) is 3.00. The summed E-state index contributed by atoms with van der Waals surface area (Å²) in [5, 5.41) is 15.7. The highest BCUT2D eigenvalue weighted by atomic mass is 35.5. The van der Waals surface area contributed by atoms with Crippen LogP contribution in [0.25, 0.3) is 16.6 Å². The first kappa shape index (κ1) is 18.4. The van der Waals surface area contributed by atoms with Gasteiger partial charge in [-0.05, 0) is 30.3 Å². The lowest BCUT2D eigenvalue weighted by molar-refractivity contribution is -0.141. The van der Waals surface area contributed by atoms with E-state index in [0.717, 1.165) is 16.6 Å². The van der Waals surface area contributed by atoms with Crippen molar-refractivity contribution in [3.8, 4) is 5.69 Å². The van der Waals surface area contributed by atoms with E-state index >= 15 is 0 Å². The molecule has 26 heavy (non-hydrogen) atoms. The summed E-state index contributed by atoms with van der Waals surface area (Å²) in [6.07, 6.45) is 3.40. The highest BCUT2D eigenvalue weighted by Crippen LogP contribution is 2.30. The first-order chi connectivity index (χ1) is 12.1. The lowest BCUT2D eigenvalue weighted by atomic mass is 10.2. The van der Waals surface area contributed by atoms with E-state index in [2.05, 4.69) is 10.1 Å². The van der Waals surface area contributed by atoms with E-state index in [9.17, 15) is 9.90 Å². The van der Waals surface area contributed by atoms with Gasteiger partial charge in [0.05, 0.1) is 30.6 Å². The van der Waals surface area contributed by atoms with Crippen LogP contribution in [0.5, 0.6) is 0 Å². The smallest absolute Gasteiger partial charge is 0.328 e. The number of hydrogen-bond donors (Lipinski definition) is 1. The number of benzene rings is 1. The van der Waals surface area contributed by atoms with Gasteiger partial charge >= 0.3 is 5.97 Å². The van der Waals surface area contributed by atoms with Crippen molar-refractivity contribution in [2.75, 3.05) is 24.7 Å².